The lowest BCUT2D eigenvalue weighted by molar-refractivity contribution is 0.631. The van der Waals surface area contributed by atoms with Gasteiger partial charge in [-0.3, -0.25) is 4.68 Å². The number of rotatable bonds is 3. The molecule has 0 unspecified atom stereocenters. The zero-order valence-electron chi connectivity index (χ0n) is 10.3. The van der Waals surface area contributed by atoms with Crippen LogP contribution < -0.4 is 0 Å². The number of hydrogen-bond donors (Lipinski definition) is 0. The summed E-state index contributed by atoms with van der Waals surface area (Å²) in [5, 5.41) is 4.28. The van der Waals surface area contributed by atoms with Crippen LogP contribution in [0.15, 0.2) is 67.0 Å². The van der Waals surface area contributed by atoms with Crippen molar-refractivity contribution in [1.29, 1.82) is 0 Å². The van der Waals surface area contributed by atoms with Crippen molar-refractivity contribution >= 4 is 0 Å². The minimum absolute atomic E-state index is 0.221. The summed E-state index contributed by atoms with van der Waals surface area (Å²) in [7, 11) is 0. The van der Waals surface area contributed by atoms with Crippen molar-refractivity contribution in [3.63, 3.8) is 0 Å². The molecule has 0 atom stereocenters. The number of halogens is 1. The molecule has 0 fully saturated rings. The molecule has 2 aromatic carbocycles. The first-order valence-corrected chi connectivity index (χ1v) is 6.14. The first kappa shape index (κ1) is 11.7. The highest BCUT2D eigenvalue weighted by Crippen LogP contribution is 2.21. The van der Waals surface area contributed by atoms with Gasteiger partial charge in [0.1, 0.15) is 5.82 Å². The molecule has 0 bridgehead atoms. The molecule has 0 aliphatic heterocycles. The zero-order chi connectivity index (χ0) is 13.1. The van der Waals surface area contributed by atoms with E-state index in [-0.39, 0.29) is 5.82 Å². The van der Waals surface area contributed by atoms with Crippen molar-refractivity contribution in [2.45, 2.75) is 6.54 Å². The van der Waals surface area contributed by atoms with Crippen molar-refractivity contribution in [2.75, 3.05) is 0 Å². The van der Waals surface area contributed by atoms with Gasteiger partial charge in [0.05, 0.1) is 12.7 Å². The van der Waals surface area contributed by atoms with E-state index >= 15 is 0 Å². The van der Waals surface area contributed by atoms with Crippen LogP contribution >= 0.6 is 0 Å². The van der Waals surface area contributed by atoms with Gasteiger partial charge in [-0.2, -0.15) is 5.10 Å². The van der Waals surface area contributed by atoms with Crippen LogP contribution in [0.1, 0.15) is 5.56 Å². The number of hydrogen-bond acceptors (Lipinski definition) is 1. The average molecular weight is 252 g/mol. The minimum atomic E-state index is -0.221. The first-order valence-electron chi connectivity index (χ1n) is 6.14. The normalized spacial score (nSPS) is 10.6. The van der Waals surface area contributed by atoms with Crippen molar-refractivity contribution < 1.29 is 4.39 Å². The first-order chi connectivity index (χ1) is 9.33. The van der Waals surface area contributed by atoms with Crippen LogP contribution in [0.2, 0.25) is 0 Å². The van der Waals surface area contributed by atoms with Crippen molar-refractivity contribution in [3.05, 3.63) is 78.4 Å². The topological polar surface area (TPSA) is 17.8 Å². The largest absolute Gasteiger partial charge is 0.268 e. The molecule has 3 rings (SSSR count). The van der Waals surface area contributed by atoms with Gasteiger partial charge >= 0.3 is 0 Å². The molecule has 0 spiro atoms. The predicted octanol–water partition coefficient (Wildman–Crippen LogP) is 3.74. The maximum Gasteiger partial charge on any atom is 0.131 e. The molecule has 1 heterocycles. The van der Waals surface area contributed by atoms with Gasteiger partial charge < -0.3 is 0 Å². The zero-order valence-corrected chi connectivity index (χ0v) is 10.3. The second-order valence-electron chi connectivity index (χ2n) is 4.39. The SMILES string of the molecule is Fc1ccccc1-c1cnn(Cc2ccccc2)c1. The summed E-state index contributed by atoms with van der Waals surface area (Å²) in [5.74, 6) is -0.221. The van der Waals surface area contributed by atoms with Crippen LogP contribution in [-0.2, 0) is 6.54 Å². The lowest BCUT2D eigenvalue weighted by Gasteiger charge is -2.01. The van der Waals surface area contributed by atoms with Gasteiger partial charge in [0, 0.05) is 17.3 Å². The summed E-state index contributed by atoms with van der Waals surface area (Å²) in [6.07, 6.45) is 3.56. The Labute approximate surface area is 111 Å². The van der Waals surface area contributed by atoms with E-state index in [1.807, 2.05) is 47.3 Å². The van der Waals surface area contributed by atoms with Crippen molar-refractivity contribution in [2.24, 2.45) is 0 Å². The number of nitrogens with zero attached hydrogens (tertiary/aromatic N) is 2. The minimum Gasteiger partial charge on any atom is -0.268 e. The van der Waals surface area contributed by atoms with E-state index in [1.54, 1.807) is 18.3 Å². The molecule has 2 nitrogen and oxygen atoms in total. The Kier molecular flexibility index (Phi) is 3.11. The monoisotopic (exact) mass is 252 g/mol. The highest BCUT2D eigenvalue weighted by Gasteiger charge is 2.06. The quantitative estimate of drug-likeness (QED) is 0.694. The summed E-state index contributed by atoms with van der Waals surface area (Å²) < 4.78 is 15.5. The average Bonchev–Trinajstić information content (AvgIpc) is 2.89. The smallest absolute Gasteiger partial charge is 0.131 e. The van der Waals surface area contributed by atoms with Crippen molar-refractivity contribution in [1.82, 2.24) is 9.78 Å². The fraction of sp³-hybridized carbons (Fsp3) is 0.0625. The fourth-order valence-electron chi connectivity index (χ4n) is 2.05. The lowest BCUT2D eigenvalue weighted by Crippen LogP contribution is -1.99. The molecule has 0 saturated heterocycles. The Balaban J connectivity index is 1.86. The fourth-order valence-corrected chi connectivity index (χ4v) is 2.05. The predicted molar refractivity (Wildman–Crippen MR) is 73.2 cm³/mol. The van der Waals surface area contributed by atoms with Crippen LogP contribution in [0.3, 0.4) is 0 Å². The molecule has 0 aliphatic carbocycles. The van der Waals surface area contributed by atoms with Crippen LogP contribution in [0, 0.1) is 5.82 Å². The summed E-state index contributed by atoms with van der Waals surface area (Å²) in [5.41, 5.74) is 2.56. The molecule has 1 aromatic heterocycles. The summed E-state index contributed by atoms with van der Waals surface area (Å²) in [4.78, 5) is 0. The maximum atomic E-state index is 13.7. The van der Waals surface area contributed by atoms with Gasteiger partial charge in [0.25, 0.3) is 0 Å². The molecule has 19 heavy (non-hydrogen) atoms. The van der Waals surface area contributed by atoms with Gasteiger partial charge in [-0.15, -0.1) is 0 Å². The molecule has 3 aromatic rings. The highest BCUT2D eigenvalue weighted by atomic mass is 19.1. The van der Waals surface area contributed by atoms with E-state index in [4.69, 9.17) is 0 Å². The molecule has 0 radical (unpaired) electrons. The molecule has 3 heteroatoms. The number of benzene rings is 2. The molecule has 0 aliphatic rings. The van der Waals surface area contributed by atoms with E-state index in [9.17, 15) is 4.39 Å². The van der Waals surface area contributed by atoms with Gasteiger partial charge in [-0.05, 0) is 11.6 Å². The summed E-state index contributed by atoms with van der Waals surface area (Å²) in [6.45, 7) is 0.690. The van der Waals surface area contributed by atoms with Crippen LogP contribution in [-0.4, -0.2) is 9.78 Å². The molecule has 0 N–H and O–H groups in total. The van der Waals surface area contributed by atoms with E-state index in [2.05, 4.69) is 5.10 Å². The lowest BCUT2D eigenvalue weighted by atomic mass is 10.1. The Morgan fingerprint density at radius 3 is 2.47 bits per heavy atom. The Bertz CT molecular complexity index is 674. The van der Waals surface area contributed by atoms with E-state index < -0.39 is 0 Å². The van der Waals surface area contributed by atoms with Gasteiger partial charge in [0.2, 0.25) is 0 Å². The molecular formula is C16H13FN2. The standard InChI is InChI=1S/C16H13FN2/c17-16-9-5-4-8-15(16)14-10-18-19(12-14)11-13-6-2-1-3-7-13/h1-10,12H,11H2. The van der Waals surface area contributed by atoms with Gasteiger partial charge in [-0.1, -0.05) is 48.5 Å². The van der Waals surface area contributed by atoms with E-state index in [0.717, 1.165) is 5.56 Å². The highest BCUT2D eigenvalue weighted by molar-refractivity contribution is 5.62. The molecule has 0 amide bonds. The Morgan fingerprint density at radius 2 is 1.68 bits per heavy atom. The second kappa shape index (κ2) is 5.06. The van der Waals surface area contributed by atoms with Gasteiger partial charge in [-0.25, -0.2) is 4.39 Å². The van der Waals surface area contributed by atoms with E-state index in [1.165, 1.54) is 11.6 Å². The Hall–Kier alpha value is -2.42. The summed E-state index contributed by atoms with van der Waals surface area (Å²) >= 11 is 0. The summed E-state index contributed by atoms with van der Waals surface area (Å²) in [6, 6.07) is 16.8. The van der Waals surface area contributed by atoms with Gasteiger partial charge in [0.15, 0.2) is 0 Å². The molecule has 94 valence electrons. The third-order valence-corrected chi connectivity index (χ3v) is 3.01. The van der Waals surface area contributed by atoms with Crippen LogP contribution in [0.25, 0.3) is 11.1 Å². The van der Waals surface area contributed by atoms with Crippen LogP contribution in [0.5, 0.6) is 0 Å². The maximum absolute atomic E-state index is 13.7. The van der Waals surface area contributed by atoms with Crippen LogP contribution in [0.4, 0.5) is 4.39 Å². The third-order valence-electron chi connectivity index (χ3n) is 3.01. The number of aromatic nitrogens is 2. The van der Waals surface area contributed by atoms with Crippen molar-refractivity contribution in [3.8, 4) is 11.1 Å². The van der Waals surface area contributed by atoms with E-state index in [0.29, 0.717) is 12.1 Å². The third kappa shape index (κ3) is 2.55. The Morgan fingerprint density at radius 1 is 0.947 bits per heavy atom. The molecule has 0 saturated carbocycles. The molecular weight excluding hydrogens is 239 g/mol. The second-order valence-corrected chi connectivity index (χ2v) is 4.39.